The number of halogens is 1. The second-order valence-corrected chi connectivity index (χ2v) is 6.21. The number of nitro groups is 1. The average Bonchev–Trinajstić information content (AvgIpc) is 3.12. The van der Waals surface area contributed by atoms with Crippen molar-refractivity contribution in [2.24, 2.45) is 0 Å². The topological polar surface area (TPSA) is 108 Å². The van der Waals surface area contributed by atoms with Gasteiger partial charge in [0.15, 0.2) is 6.10 Å². The van der Waals surface area contributed by atoms with Crippen molar-refractivity contribution in [1.29, 1.82) is 0 Å². The van der Waals surface area contributed by atoms with Crippen molar-refractivity contribution in [3.63, 3.8) is 0 Å². The molecule has 9 heteroatoms. The summed E-state index contributed by atoms with van der Waals surface area (Å²) >= 11 is 5.83. The van der Waals surface area contributed by atoms with Crippen LogP contribution in [0.1, 0.15) is 34.8 Å². The van der Waals surface area contributed by atoms with Crippen molar-refractivity contribution in [3.8, 4) is 11.5 Å². The van der Waals surface area contributed by atoms with Crippen LogP contribution in [0, 0.1) is 17.0 Å². The number of carbonyl (C=O) groups is 1. The molecule has 0 aliphatic rings. The van der Waals surface area contributed by atoms with E-state index in [4.69, 9.17) is 20.8 Å². The minimum atomic E-state index is -0.910. The molecule has 0 aliphatic carbocycles. The highest BCUT2D eigenvalue weighted by Crippen LogP contribution is 2.27. The first-order valence-corrected chi connectivity index (χ1v) is 8.28. The maximum atomic E-state index is 12.3. The van der Waals surface area contributed by atoms with Crippen molar-refractivity contribution in [2.75, 3.05) is 0 Å². The van der Waals surface area contributed by atoms with Gasteiger partial charge in [0.1, 0.15) is 5.56 Å². The first-order valence-electron chi connectivity index (χ1n) is 7.90. The van der Waals surface area contributed by atoms with Gasteiger partial charge in [-0.15, -0.1) is 10.2 Å². The number of nitro benzene ring substituents is 1. The number of hydrogen-bond acceptors (Lipinski definition) is 7. The Bertz CT molecular complexity index is 1000. The third kappa shape index (κ3) is 4.12. The zero-order valence-electron chi connectivity index (χ0n) is 14.4. The molecule has 0 radical (unpaired) electrons. The Morgan fingerprint density at radius 2 is 1.93 bits per heavy atom. The number of nitrogens with zero attached hydrogens (tertiary/aromatic N) is 3. The van der Waals surface area contributed by atoms with Crippen molar-refractivity contribution in [3.05, 3.63) is 74.6 Å². The van der Waals surface area contributed by atoms with Gasteiger partial charge < -0.3 is 9.15 Å². The van der Waals surface area contributed by atoms with Crippen molar-refractivity contribution >= 4 is 23.3 Å². The number of hydrogen-bond donors (Lipinski definition) is 0. The molecule has 0 fully saturated rings. The fourth-order valence-corrected chi connectivity index (χ4v) is 2.49. The Hall–Kier alpha value is -3.26. The van der Waals surface area contributed by atoms with Crippen LogP contribution in [0.25, 0.3) is 11.5 Å². The first kappa shape index (κ1) is 18.5. The van der Waals surface area contributed by atoms with E-state index in [1.54, 1.807) is 0 Å². The van der Waals surface area contributed by atoms with E-state index in [-0.39, 0.29) is 22.4 Å². The lowest BCUT2D eigenvalue weighted by Crippen LogP contribution is -2.11. The van der Waals surface area contributed by atoms with Crippen molar-refractivity contribution < 1.29 is 18.9 Å². The van der Waals surface area contributed by atoms with Crippen molar-refractivity contribution in [2.45, 2.75) is 20.0 Å². The largest absolute Gasteiger partial charge is 0.449 e. The quantitative estimate of drug-likeness (QED) is 0.359. The van der Waals surface area contributed by atoms with E-state index in [1.165, 1.54) is 19.1 Å². The van der Waals surface area contributed by atoms with Gasteiger partial charge in [0.2, 0.25) is 5.89 Å². The van der Waals surface area contributed by atoms with Gasteiger partial charge in [0.25, 0.3) is 11.6 Å². The monoisotopic (exact) mass is 387 g/mol. The second kappa shape index (κ2) is 7.55. The minimum Gasteiger partial charge on any atom is -0.449 e. The van der Waals surface area contributed by atoms with Gasteiger partial charge in [-0.2, -0.15) is 0 Å². The molecule has 0 amide bonds. The van der Waals surface area contributed by atoms with Gasteiger partial charge in [-0.1, -0.05) is 29.3 Å². The molecule has 0 spiro atoms. The Labute approximate surface area is 158 Å². The minimum absolute atomic E-state index is 0.0728. The molecular weight excluding hydrogens is 374 g/mol. The molecule has 1 aromatic heterocycles. The molecule has 27 heavy (non-hydrogen) atoms. The number of carbonyl (C=O) groups excluding carboxylic acids is 1. The van der Waals surface area contributed by atoms with Crippen LogP contribution >= 0.6 is 11.6 Å². The maximum Gasteiger partial charge on any atom is 0.345 e. The fraction of sp³-hybridized carbons (Fsp3) is 0.167. The van der Waals surface area contributed by atoms with E-state index in [2.05, 4.69) is 10.2 Å². The molecule has 0 aliphatic heterocycles. The lowest BCUT2D eigenvalue weighted by Gasteiger charge is -2.09. The van der Waals surface area contributed by atoms with Crippen LogP contribution in [0.4, 0.5) is 5.69 Å². The normalized spacial score (nSPS) is 11.8. The van der Waals surface area contributed by atoms with E-state index < -0.39 is 22.7 Å². The van der Waals surface area contributed by atoms with Crippen LogP contribution in [0.3, 0.4) is 0 Å². The molecule has 1 unspecified atom stereocenters. The predicted octanol–water partition coefficient (Wildman–Crippen LogP) is 4.52. The van der Waals surface area contributed by atoms with Crippen LogP contribution < -0.4 is 0 Å². The fourth-order valence-electron chi connectivity index (χ4n) is 2.32. The van der Waals surface area contributed by atoms with E-state index in [9.17, 15) is 14.9 Å². The molecule has 3 aromatic rings. The number of benzene rings is 2. The predicted molar refractivity (Wildman–Crippen MR) is 96.4 cm³/mol. The molecule has 2 aromatic carbocycles. The van der Waals surface area contributed by atoms with E-state index in [0.717, 1.165) is 17.2 Å². The highest BCUT2D eigenvalue weighted by molar-refractivity contribution is 6.31. The number of rotatable bonds is 5. The lowest BCUT2D eigenvalue weighted by molar-refractivity contribution is -0.385. The van der Waals surface area contributed by atoms with E-state index in [1.807, 2.05) is 31.2 Å². The molecule has 0 saturated heterocycles. The van der Waals surface area contributed by atoms with Crippen LogP contribution in [0.2, 0.25) is 5.02 Å². The smallest absolute Gasteiger partial charge is 0.345 e. The Morgan fingerprint density at radius 3 is 2.59 bits per heavy atom. The van der Waals surface area contributed by atoms with Gasteiger partial charge in [-0.05, 0) is 38.1 Å². The Balaban J connectivity index is 1.79. The highest BCUT2D eigenvalue weighted by atomic mass is 35.5. The van der Waals surface area contributed by atoms with Crippen molar-refractivity contribution in [1.82, 2.24) is 10.2 Å². The van der Waals surface area contributed by atoms with Crippen LogP contribution in [0.5, 0.6) is 0 Å². The Kier molecular flexibility index (Phi) is 5.18. The number of aromatic nitrogens is 2. The van der Waals surface area contributed by atoms with Gasteiger partial charge in [0.05, 0.1) is 4.92 Å². The van der Waals surface area contributed by atoms with Crippen LogP contribution in [0.15, 0.2) is 46.9 Å². The summed E-state index contributed by atoms with van der Waals surface area (Å²) in [4.78, 5) is 22.8. The summed E-state index contributed by atoms with van der Waals surface area (Å²) in [6.07, 6.45) is -0.900. The summed E-state index contributed by atoms with van der Waals surface area (Å²) < 4.78 is 10.8. The molecular formula is C18H14ClN3O5. The summed E-state index contributed by atoms with van der Waals surface area (Å²) in [5.41, 5.74) is 1.16. The summed E-state index contributed by atoms with van der Waals surface area (Å²) in [6.45, 7) is 3.49. The van der Waals surface area contributed by atoms with E-state index in [0.29, 0.717) is 0 Å². The van der Waals surface area contributed by atoms with Gasteiger partial charge in [-0.3, -0.25) is 10.1 Å². The molecule has 3 rings (SSSR count). The first-order chi connectivity index (χ1) is 12.8. The van der Waals surface area contributed by atoms with Gasteiger partial charge in [0, 0.05) is 16.7 Å². The number of esters is 1. The number of aryl methyl sites for hydroxylation is 1. The summed E-state index contributed by atoms with van der Waals surface area (Å²) in [5, 5.41) is 19.1. The Morgan fingerprint density at radius 1 is 1.22 bits per heavy atom. The lowest BCUT2D eigenvalue weighted by atomic mass is 10.1. The highest BCUT2D eigenvalue weighted by Gasteiger charge is 2.26. The van der Waals surface area contributed by atoms with Crippen LogP contribution in [-0.2, 0) is 4.74 Å². The maximum absolute atomic E-state index is 12.3. The molecule has 0 N–H and O–H groups in total. The molecule has 138 valence electrons. The summed E-state index contributed by atoms with van der Waals surface area (Å²) in [7, 11) is 0. The third-order valence-corrected chi connectivity index (χ3v) is 3.98. The SMILES string of the molecule is Cc1ccc(-c2nnc(C(C)OC(=O)c3cc(Cl)ccc3[N+](=O)[O-])o2)cc1. The average molecular weight is 388 g/mol. The standard InChI is InChI=1S/C18H14ClN3O5/c1-10-3-5-12(6-4-10)17-21-20-16(27-17)11(2)26-18(23)14-9-13(19)7-8-15(14)22(24)25/h3-9,11H,1-2H3. The van der Waals surface area contributed by atoms with Gasteiger partial charge in [-0.25, -0.2) is 4.79 Å². The summed E-state index contributed by atoms with van der Waals surface area (Å²) in [5.74, 6) is -0.558. The zero-order chi connectivity index (χ0) is 19.6. The molecule has 8 nitrogen and oxygen atoms in total. The molecule has 0 bridgehead atoms. The zero-order valence-corrected chi connectivity index (χ0v) is 15.1. The molecule has 0 saturated carbocycles. The third-order valence-electron chi connectivity index (χ3n) is 3.75. The van der Waals surface area contributed by atoms with Crippen LogP contribution in [-0.4, -0.2) is 21.1 Å². The molecule has 1 atom stereocenters. The van der Waals surface area contributed by atoms with E-state index >= 15 is 0 Å². The summed E-state index contributed by atoms with van der Waals surface area (Å²) in [6, 6.07) is 11.1. The second-order valence-electron chi connectivity index (χ2n) is 5.78. The van der Waals surface area contributed by atoms with Gasteiger partial charge >= 0.3 is 5.97 Å². The number of ether oxygens (including phenoxy) is 1. The molecule has 1 heterocycles.